The molecule has 5 nitrogen and oxygen atoms in total. The van der Waals surface area contributed by atoms with Gasteiger partial charge in [0.1, 0.15) is 10.9 Å². The van der Waals surface area contributed by atoms with Gasteiger partial charge < -0.3 is 4.74 Å². The van der Waals surface area contributed by atoms with E-state index in [0.717, 1.165) is 0 Å². The summed E-state index contributed by atoms with van der Waals surface area (Å²) in [7, 11) is -3.68. The molecule has 0 saturated carbocycles. The predicted molar refractivity (Wildman–Crippen MR) is 85.4 cm³/mol. The summed E-state index contributed by atoms with van der Waals surface area (Å²) >= 11 is 8.96. The summed E-state index contributed by atoms with van der Waals surface area (Å²) < 4.78 is 32.7. The van der Waals surface area contributed by atoms with Gasteiger partial charge in [0.15, 0.2) is 0 Å². The van der Waals surface area contributed by atoms with Crippen LogP contribution >= 0.6 is 27.5 Å². The molecule has 2 aromatic rings. The number of hydrogen-bond donors (Lipinski definition) is 1. The van der Waals surface area contributed by atoms with E-state index >= 15 is 0 Å². The molecule has 0 aliphatic heterocycles. The van der Waals surface area contributed by atoms with Gasteiger partial charge in [-0.15, -0.1) is 0 Å². The van der Waals surface area contributed by atoms with E-state index in [1.165, 1.54) is 18.3 Å². The molecule has 1 aromatic heterocycles. The molecule has 21 heavy (non-hydrogen) atoms. The zero-order valence-electron chi connectivity index (χ0n) is 11.0. The average molecular weight is 392 g/mol. The molecule has 1 heterocycles. The second kappa shape index (κ2) is 6.64. The van der Waals surface area contributed by atoms with Gasteiger partial charge in [-0.1, -0.05) is 11.6 Å². The molecule has 0 unspecified atom stereocenters. The fraction of sp³-hybridized carbons (Fsp3) is 0.154. The van der Waals surface area contributed by atoms with E-state index in [-0.39, 0.29) is 10.0 Å². The highest BCUT2D eigenvalue weighted by atomic mass is 79.9. The first-order valence-corrected chi connectivity index (χ1v) is 8.64. The van der Waals surface area contributed by atoms with Crippen LogP contribution in [0.4, 0.5) is 5.69 Å². The number of hydrogen-bond acceptors (Lipinski definition) is 4. The van der Waals surface area contributed by atoms with Crippen LogP contribution in [0.3, 0.4) is 0 Å². The maximum atomic E-state index is 12.2. The SMILES string of the molecule is CCOc1ccc(S(=O)(=O)Nc2cnc(Cl)c(Br)c2)cc1. The second-order valence-corrected chi connectivity index (χ2v) is 6.90. The number of sulfonamides is 1. The van der Waals surface area contributed by atoms with Gasteiger partial charge in [0.25, 0.3) is 10.0 Å². The lowest BCUT2D eigenvalue weighted by Crippen LogP contribution is -2.13. The molecular formula is C13H12BrClN2O3S. The van der Waals surface area contributed by atoms with Gasteiger partial charge >= 0.3 is 0 Å². The Bertz CT molecular complexity index is 736. The van der Waals surface area contributed by atoms with Crippen molar-refractivity contribution in [2.45, 2.75) is 11.8 Å². The quantitative estimate of drug-likeness (QED) is 0.789. The fourth-order valence-electron chi connectivity index (χ4n) is 1.57. The van der Waals surface area contributed by atoms with Gasteiger partial charge in [-0.2, -0.15) is 0 Å². The molecule has 0 atom stereocenters. The second-order valence-electron chi connectivity index (χ2n) is 4.01. The zero-order valence-corrected chi connectivity index (χ0v) is 14.2. The Morgan fingerprint density at radius 1 is 1.33 bits per heavy atom. The Balaban J connectivity index is 2.23. The standard InChI is InChI=1S/C13H12BrClN2O3S/c1-2-20-10-3-5-11(6-4-10)21(18,19)17-9-7-12(14)13(15)16-8-9/h3-8,17H,2H2,1H3. The predicted octanol–water partition coefficient (Wildman–Crippen LogP) is 3.70. The highest BCUT2D eigenvalue weighted by Crippen LogP contribution is 2.25. The molecule has 0 fully saturated rings. The number of halogens is 2. The number of nitrogens with one attached hydrogen (secondary N) is 1. The Kier molecular flexibility index (Phi) is 5.08. The van der Waals surface area contributed by atoms with Crippen LogP contribution in [0.2, 0.25) is 5.15 Å². The molecule has 0 saturated heterocycles. The highest BCUT2D eigenvalue weighted by molar-refractivity contribution is 9.10. The molecule has 0 amide bonds. The van der Waals surface area contributed by atoms with E-state index < -0.39 is 10.0 Å². The van der Waals surface area contributed by atoms with E-state index in [2.05, 4.69) is 25.6 Å². The summed E-state index contributed by atoms with van der Waals surface area (Å²) in [6.45, 7) is 2.38. The Morgan fingerprint density at radius 2 is 2.00 bits per heavy atom. The van der Waals surface area contributed by atoms with E-state index in [0.29, 0.717) is 22.5 Å². The molecule has 0 aliphatic rings. The molecular weight excluding hydrogens is 380 g/mol. The third-order valence-electron chi connectivity index (χ3n) is 2.49. The molecule has 0 bridgehead atoms. The summed E-state index contributed by atoms with van der Waals surface area (Å²) in [6, 6.07) is 7.71. The Labute approximate surface area is 136 Å². The van der Waals surface area contributed by atoms with E-state index in [9.17, 15) is 8.42 Å². The summed E-state index contributed by atoms with van der Waals surface area (Å²) in [6.07, 6.45) is 1.35. The first kappa shape index (κ1) is 16.1. The number of benzene rings is 1. The van der Waals surface area contributed by atoms with Crippen molar-refractivity contribution in [3.63, 3.8) is 0 Å². The highest BCUT2D eigenvalue weighted by Gasteiger charge is 2.15. The van der Waals surface area contributed by atoms with Crippen molar-refractivity contribution in [3.8, 4) is 5.75 Å². The van der Waals surface area contributed by atoms with Crippen LogP contribution in [0.5, 0.6) is 5.75 Å². The first-order chi connectivity index (χ1) is 9.92. The summed E-state index contributed by atoms with van der Waals surface area (Å²) in [5.74, 6) is 0.618. The third kappa shape index (κ3) is 4.09. The number of rotatable bonds is 5. The van der Waals surface area contributed by atoms with E-state index in [1.54, 1.807) is 18.2 Å². The minimum absolute atomic E-state index is 0.136. The van der Waals surface area contributed by atoms with Crippen LogP contribution in [0.1, 0.15) is 6.92 Å². The topological polar surface area (TPSA) is 68.3 Å². The minimum Gasteiger partial charge on any atom is -0.494 e. The molecule has 1 N–H and O–H groups in total. The fourth-order valence-corrected chi connectivity index (χ4v) is 3.06. The van der Waals surface area contributed by atoms with Crippen molar-refractivity contribution >= 4 is 43.2 Å². The molecule has 112 valence electrons. The van der Waals surface area contributed by atoms with Gasteiger partial charge in [0.2, 0.25) is 0 Å². The zero-order chi connectivity index (χ0) is 15.5. The van der Waals surface area contributed by atoms with Crippen LogP contribution < -0.4 is 9.46 Å². The number of aromatic nitrogens is 1. The Hall–Kier alpha value is -1.31. The lowest BCUT2D eigenvalue weighted by molar-refractivity contribution is 0.340. The van der Waals surface area contributed by atoms with Crippen LogP contribution in [0, 0.1) is 0 Å². The molecule has 2 rings (SSSR count). The molecule has 8 heteroatoms. The molecule has 0 spiro atoms. The number of nitrogens with zero attached hydrogens (tertiary/aromatic N) is 1. The number of anilines is 1. The van der Waals surface area contributed by atoms with Crippen molar-refractivity contribution in [1.82, 2.24) is 4.98 Å². The molecule has 0 aliphatic carbocycles. The third-order valence-corrected chi connectivity index (χ3v) is 5.02. The average Bonchev–Trinajstić information content (AvgIpc) is 2.44. The van der Waals surface area contributed by atoms with Crippen LogP contribution in [-0.2, 0) is 10.0 Å². The minimum atomic E-state index is -3.68. The van der Waals surface area contributed by atoms with Gasteiger partial charge in [-0.05, 0) is 53.2 Å². The largest absolute Gasteiger partial charge is 0.494 e. The van der Waals surface area contributed by atoms with Crippen molar-refractivity contribution in [3.05, 3.63) is 46.2 Å². The lowest BCUT2D eigenvalue weighted by Gasteiger charge is -2.09. The van der Waals surface area contributed by atoms with Crippen molar-refractivity contribution < 1.29 is 13.2 Å². The summed E-state index contributed by atoms with van der Waals surface area (Å²) in [5, 5.41) is 0.263. The van der Waals surface area contributed by atoms with Gasteiger partial charge in [0, 0.05) is 0 Å². The maximum Gasteiger partial charge on any atom is 0.261 e. The normalized spacial score (nSPS) is 11.2. The molecule has 1 aromatic carbocycles. The monoisotopic (exact) mass is 390 g/mol. The smallest absolute Gasteiger partial charge is 0.261 e. The van der Waals surface area contributed by atoms with Gasteiger partial charge in [-0.25, -0.2) is 13.4 Å². The van der Waals surface area contributed by atoms with Crippen molar-refractivity contribution in [2.24, 2.45) is 0 Å². The van der Waals surface area contributed by atoms with E-state index in [4.69, 9.17) is 16.3 Å². The van der Waals surface area contributed by atoms with Gasteiger partial charge in [-0.3, -0.25) is 4.72 Å². The maximum absolute atomic E-state index is 12.2. The van der Waals surface area contributed by atoms with Crippen LogP contribution in [-0.4, -0.2) is 20.0 Å². The van der Waals surface area contributed by atoms with Crippen LogP contribution in [0.25, 0.3) is 0 Å². The Morgan fingerprint density at radius 3 is 2.57 bits per heavy atom. The first-order valence-electron chi connectivity index (χ1n) is 5.99. The number of ether oxygens (including phenoxy) is 1. The summed E-state index contributed by atoms with van der Waals surface area (Å²) in [4.78, 5) is 4.00. The van der Waals surface area contributed by atoms with Crippen molar-refractivity contribution in [1.29, 1.82) is 0 Å². The summed E-state index contributed by atoms with van der Waals surface area (Å²) in [5.41, 5.74) is 0.320. The van der Waals surface area contributed by atoms with Crippen LogP contribution in [0.15, 0.2) is 45.9 Å². The van der Waals surface area contributed by atoms with E-state index in [1.807, 2.05) is 6.92 Å². The number of pyridine rings is 1. The van der Waals surface area contributed by atoms with Crippen molar-refractivity contribution in [2.75, 3.05) is 11.3 Å². The molecule has 0 radical (unpaired) electrons. The van der Waals surface area contributed by atoms with Gasteiger partial charge in [0.05, 0.1) is 27.9 Å². The lowest BCUT2D eigenvalue weighted by atomic mass is 10.3.